The molecule has 6 heteroatoms. The van der Waals surface area contributed by atoms with Crippen molar-refractivity contribution in [3.8, 4) is 5.75 Å². The molecule has 2 aromatic rings. The van der Waals surface area contributed by atoms with Crippen molar-refractivity contribution in [1.82, 2.24) is 0 Å². The lowest BCUT2D eigenvalue weighted by Gasteiger charge is -2.12. The number of halogens is 1. The highest BCUT2D eigenvalue weighted by atomic mass is 35.5. The number of benzene rings is 1. The van der Waals surface area contributed by atoms with E-state index in [2.05, 4.69) is 0 Å². The number of aliphatic hydroxyl groups excluding tert-OH is 1. The van der Waals surface area contributed by atoms with Crippen LogP contribution in [0, 0.1) is 0 Å². The van der Waals surface area contributed by atoms with Crippen LogP contribution in [0.15, 0.2) is 29.6 Å². The van der Waals surface area contributed by atoms with Crippen molar-refractivity contribution in [3.05, 3.63) is 50.7 Å². The number of carbonyl (C=O) groups is 1. The van der Waals surface area contributed by atoms with Crippen LogP contribution < -0.4 is 4.74 Å². The zero-order valence-electron chi connectivity index (χ0n) is 10.2. The molecule has 0 saturated heterocycles. The fourth-order valence-electron chi connectivity index (χ4n) is 2.23. The minimum atomic E-state index is -1.00. The van der Waals surface area contributed by atoms with Gasteiger partial charge in [-0.1, -0.05) is 17.7 Å². The van der Waals surface area contributed by atoms with Gasteiger partial charge >= 0.3 is 5.97 Å². The van der Waals surface area contributed by atoms with Gasteiger partial charge in [-0.2, -0.15) is 0 Å². The molecule has 0 spiro atoms. The molecule has 0 fully saturated rings. The number of fused-ring (bicyclic) bond motifs is 1. The van der Waals surface area contributed by atoms with E-state index in [1.54, 1.807) is 12.1 Å². The molecule has 0 saturated carbocycles. The molecule has 2 N–H and O–H groups in total. The molecule has 20 heavy (non-hydrogen) atoms. The van der Waals surface area contributed by atoms with Crippen LogP contribution in [0.3, 0.4) is 0 Å². The number of ether oxygens (including phenoxy) is 1. The Hall–Kier alpha value is -1.56. The topological polar surface area (TPSA) is 66.8 Å². The number of hydrogen-bond donors (Lipinski definition) is 2. The first kappa shape index (κ1) is 13.4. The highest BCUT2D eigenvalue weighted by Gasteiger charge is 2.30. The summed E-state index contributed by atoms with van der Waals surface area (Å²) in [6, 6.07) is 6.99. The van der Waals surface area contributed by atoms with Crippen LogP contribution in [0.5, 0.6) is 5.75 Å². The van der Waals surface area contributed by atoms with Crippen molar-refractivity contribution in [2.75, 3.05) is 0 Å². The second kappa shape index (κ2) is 5.09. The molecule has 2 unspecified atom stereocenters. The number of aliphatic carboxylic acids is 1. The smallest absolute Gasteiger partial charge is 0.345 e. The molecular weight excluding hydrogens is 300 g/mol. The van der Waals surface area contributed by atoms with Crippen molar-refractivity contribution in [2.24, 2.45) is 0 Å². The predicted octanol–water partition coefficient (Wildman–Crippen LogP) is 2.87. The molecule has 2 heterocycles. The molecule has 1 aliphatic rings. The van der Waals surface area contributed by atoms with Gasteiger partial charge in [0.1, 0.15) is 11.9 Å². The third kappa shape index (κ3) is 2.28. The van der Waals surface area contributed by atoms with Gasteiger partial charge in [-0.25, -0.2) is 4.79 Å². The number of aliphatic hydroxyl groups is 1. The summed E-state index contributed by atoms with van der Waals surface area (Å²) in [5.41, 5.74) is 1.33. The Balaban J connectivity index is 1.96. The Morgan fingerprint density at radius 3 is 2.95 bits per heavy atom. The van der Waals surface area contributed by atoms with Gasteiger partial charge < -0.3 is 14.9 Å². The van der Waals surface area contributed by atoms with E-state index < -0.39 is 18.2 Å². The molecule has 0 aliphatic carbocycles. The first-order valence-electron chi connectivity index (χ1n) is 5.99. The minimum absolute atomic E-state index is 0.284. The van der Waals surface area contributed by atoms with E-state index in [0.717, 1.165) is 10.4 Å². The maximum Gasteiger partial charge on any atom is 0.345 e. The van der Waals surface area contributed by atoms with E-state index in [1.165, 1.54) is 11.3 Å². The van der Waals surface area contributed by atoms with Crippen LogP contribution in [0.25, 0.3) is 0 Å². The molecule has 0 radical (unpaired) electrons. The highest BCUT2D eigenvalue weighted by molar-refractivity contribution is 7.10. The van der Waals surface area contributed by atoms with E-state index in [-0.39, 0.29) is 6.42 Å². The first-order chi connectivity index (χ1) is 9.56. The molecule has 1 aromatic carbocycles. The Morgan fingerprint density at radius 2 is 2.30 bits per heavy atom. The van der Waals surface area contributed by atoms with Crippen LogP contribution in [-0.4, -0.2) is 22.3 Å². The van der Waals surface area contributed by atoms with Gasteiger partial charge in [-0.3, -0.25) is 0 Å². The van der Waals surface area contributed by atoms with Crippen molar-refractivity contribution in [1.29, 1.82) is 0 Å². The lowest BCUT2D eigenvalue weighted by molar-refractivity contribution is -0.144. The van der Waals surface area contributed by atoms with Crippen molar-refractivity contribution in [2.45, 2.75) is 18.6 Å². The van der Waals surface area contributed by atoms with Gasteiger partial charge in [-0.15, -0.1) is 11.3 Å². The number of rotatable bonds is 3. The number of hydrogen-bond acceptors (Lipinski definition) is 4. The second-order valence-electron chi connectivity index (χ2n) is 4.55. The number of carboxylic acid groups (broad SMARTS) is 1. The fraction of sp³-hybridized carbons (Fsp3) is 0.214. The Kier molecular flexibility index (Phi) is 3.41. The largest absolute Gasteiger partial charge is 0.478 e. The summed E-state index contributed by atoms with van der Waals surface area (Å²) < 4.78 is 5.31. The summed E-state index contributed by atoms with van der Waals surface area (Å²) in [4.78, 5) is 11.7. The third-order valence-corrected chi connectivity index (χ3v) is 4.49. The normalized spacial score (nSPS) is 18.4. The molecule has 0 bridgehead atoms. The van der Waals surface area contributed by atoms with Gasteiger partial charge in [0, 0.05) is 16.9 Å². The van der Waals surface area contributed by atoms with E-state index >= 15 is 0 Å². The summed E-state index contributed by atoms with van der Waals surface area (Å²) in [6.07, 6.45) is -1.40. The average Bonchev–Trinajstić information content (AvgIpc) is 3.05. The van der Waals surface area contributed by atoms with Gasteiger partial charge in [0.05, 0.1) is 5.02 Å². The monoisotopic (exact) mass is 310 g/mol. The SMILES string of the molecule is O=C(O)C1Cc2cc(C(O)c3cccs3)c(Cl)cc2O1. The zero-order chi connectivity index (χ0) is 14.3. The molecule has 3 rings (SSSR count). The van der Waals surface area contributed by atoms with Crippen molar-refractivity contribution in [3.63, 3.8) is 0 Å². The predicted molar refractivity (Wildman–Crippen MR) is 75.6 cm³/mol. The quantitative estimate of drug-likeness (QED) is 0.915. The molecule has 4 nitrogen and oxygen atoms in total. The second-order valence-corrected chi connectivity index (χ2v) is 5.93. The van der Waals surface area contributed by atoms with E-state index in [1.807, 2.05) is 17.5 Å². The van der Waals surface area contributed by atoms with Crippen LogP contribution in [0.4, 0.5) is 0 Å². The van der Waals surface area contributed by atoms with Crippen LogP contribution >= 0.6 is 22.9 Å². The van der Waals surface area contributed by atoms with Gasteiger partial charge in [0.2, 0.25) is 0 Å². The summed E-state index contributed by atoms with van der Waals surface area (Å²) >= 11 is 7.60. The maximum atomic E-state index is 11.0. The van der Waals surface area contributed by atoms with E-state index in [9.17, 15) is 9.90 Å². The van der Waals surface area contributed by atoms with E-state index in [0.29, 0.717) is 16.3 Å². The Bertz CT molecular complexity index is 653. The standard InChI is InChI=1S/C14H11ClO4S/c15-9-6-10-7(5-11(19-10)14(17)18)4-8(9)13(16)12-2-1-3-20-12/h1-4,6,11,13,16H,5H2,(H,17,18). The summed E-state index contributed by atoms with van der Waals surface area (Å²) in [7, 11) is 0. The number of carboxylic acids is 1. The van der Waals surface area contributed by atoms with Crippen LogP contribution in [0.2, 0.25) is 5.02 Å². The lowest BCUT2D eigenvalue weighted by Crippen LogP contribution is -2.24. The Labute approximate surface area is 124 Å². The van der Waals surface area contributed by atoms with E-state index in [4.69, 9.17) is 21.4 Å². The van der Waals surface area contributed by atoms with Gasteiger partial charge in [0.25, 0.3) is 0 Å². The molecule has 0 amide bonds. The summed E-state index contributed by atoms with van der Waals surface area (Å²) in [5.74, 6) is -0.526. The molecule has 1 aromatic heterocycles. The third-order valence-electron chi connectivity index (χ3n) is 3.24. The molecule has 1 aliphatic heterocycles. The lowest BCUT2D eigenvalue weighted by atomic mass is 10.0. The summed E-state index contributed by atoms with van der Waals surface area (Å²) in [6.45, 7) is 0. The number of thiophene rings is 1. The molecule has 2 atom stereocenters. The first-order valence-corrected chi connectivity index (χ1v) is 7.25. The molecule has 104 valence electrons. The zero-order valence-corrected chi connectivity index (χ0v) is 11.8. The molecular formula is C14H11ClO4S. The van der Waals surface area contributed by atoms with Crippen molar-refractivity contribution >= 4 is 28.9 Å². The average molecular weight is 311 g/mol. The maximum absolute atomic E-state index is 11.0. The fourth-order valence-corrected chi connectivity index (χ4v) is 3.21. The highest BCUT2D eigenvalue weighted by Crippen LogP contribution is 2.38. The van der Waals surface area contributed by atoms with Gasteiger partial charge in [0.15, 0.2) is 6.10 Å². The van der Waals surface area contributed by atoms with Gasteiger partial charge in [-0.05, 0) is 29.1 Å². The summed E-state index contributed by atoms with van der Waals surface area (Å²) in [5, 5.41) is 21.6. The van der Waals surface area contributed by atoms with Crippen LogP contribution in [-0.2, 0) is 11.2 Å². The Morgan fingerprint density at radius 1 is 1.50 bits per heavy atom. The van der Waals surface area contributed by atoms with Crippen molar-refractivity contribution < 1.29 is 19.7 Å². The van der Waals surface area contributed by atoms with Crippen LogP contribution in [0.1, 0.15) is 22.1 Å². The minimum Gasteiger partial charge on any atom is -0.478 e.